The third kappa shape index (κ3) is 2.41. The molecule has 0 aliphatic heterocycles. The van der Waals surface area contributed by atoms with E-state index in [0.29, 0.717) is 11.3 Å². The molecule has 0 aliphatic rings. The van der Waals surface area contributed by atoms with Crippen molar-refractivity contribution in [2.45, 2.75) is 11.8 Å². The molecule has 0 heterocycles. The van der Waals surface area contributed by atoms with E-state index in [0.717, 1.165) is 16.0 Å². The average Bonchev–Trinajstić information content (AvgIpc) is 2.41. The number of hydrogen-bond donors (Lipinski definition) is 1. The van der Waals surface area contributed by atoms with E-state index in [-0.39, 0.29) is 5.78 Å². The highest BCUT2D eigenvalue weighted by molar-refractivity contribution is 7.98. The van der Waals surface area contributed by atoms with Crippen LogP contribution < -0.4 is 5.73 Å². The molecule has 0 fully saturated rings. The lowest BCUT2D eigenvalue weighted by atomic mass is 10.0. The van der Waals surface area contributed by atoms with Crippen LogP contribution in [0.15, 0.2) is 47.4 Å². The van der Waals surface area contributed by atoms with Crippen LogP contribution in [-0.2, 0) is 0 Å². The summed E-state index contributed by atoms with van der Waals surface area (Å²) in [6.07, 6.45) is 1.97. The van der Waals surface area contributed by atoms with Crippen molar-refractivity contribution in [3.05, 3.63) is 59.2 Å². The Morgan fingerprint density at radius 3 is 2.56 bits per heavy atom. The molecule has 0 aliphatic carbocycles. The molecular weight excluding hydrogens is 242 g/mol. The quantitative estimate of drug-likeness (QED) is 0.519. The molecule has 0 aromatic heterocycles. The molecule has 2 rings (SSSR count). The van der Waals surface area contributed by atoms with Gasteiger partial charge in [0.05, 0.1) is 0 Å². The topological polar surface area (TPSA) is 43.1 Å². The molecule has 2 nitrogen and oxygen atoms in total. The summed E-state index contributed by atoms with van der Waals surface area (Å²) in [7, 11) is 0. The molecule has 0 radical (unpaired) electrons. The molecule has 92 valence electrons. The van der Waals surface area contributed by atoms with E-state index in [1.54, 1.807) is 23.9 Å². The van der Waals surface area contributed by atoms with Crippen molar-refractivity contribution < 1.29 is 4.79 Å². The Labute approximate surface area is 111 Å². The fraction of sp³-hybridized carbons (Fsp3) is 0.133. The van der Waals surface area contributed by atoms with Crippen LogP contribution in [0.3, 0.4) is 0 Å². The van der Waals surface area contributed by atoms with E-state index in [1.165, 1.54) is 0 Å². The molecule has 18 heavy (non-hydrogen) atoms. The Balaban J connectivity index is 2.44. The maximum atomic E-state index is 12.4. The Morgan fingerprint density at radius 2 is 1.89 bits per heavy atom. The van der Waals surface area contributed by atoms with E-state index >= 15 is 0 Å². The van der Waals surface area contributed by atoms with Gasteiger partial charge in [0.1, 0.15) is 0 Å². The molecule has 2 aromatic rings. The number of nitrogen functional groups attached to an aromatic ring is 1. The van der Waals surface area contributed by atoms with E-state index in [9.17, 15) is 4.79 Å². The minimum absolute atomic E-state index is 0.0445. The lowest BCUT2D eigenvalue weighted by molar-refractivity contribution is 0.103. The molecule has 0 spiro atoms. The van der Waals surface area contributed by atoms with E-state index in [2.05, 4.69) is 0 Å². The molecule has 0 amide bonds. The summed E-state index contributed by atoms with van der Waals surface area (Å²) in [5.74, 6) is 0.0445. The van der Waals surface area contributed by atoms with Crippen molar-refractivity contribution in [3.8, 4) is 0 Å². The van der Waals surface area contributed by atoms with E-state index in [1.807, 2.05) is 43.5 Å². The number of rotatable bonds is 3. The fourth-order valence-electron chi connectivity index (χ4n) is 1.80. The van der Waals surface area contributed by atoms with Gasteiger partial charge in [0.25, 0.3) is 0 Å². The second-order valence-corrected chi connectivity index (χ2v) is 4.95. The van der Waals surface area contributed by atoms with Crippen molar-refractivity contribution in [2.24, 2.45) is 0 Å². The van der Waals surface area contributed by atoms with Crippen LogP contribution in [0.25, 0.3) is 0 Å². The average molecular weight is 257 g/mol. The summed E-state index contributed by atoms with van der Waals surface area (Å²) in [6, 6.07) is 13.1. The first-order valence-electron chi connectivity index (χ1n) is 5.67. The minimum atomic E-state index is 0.0445. The van der Waals surface area contributed by atoms with Gasteiger partial charge in [-0.25, -0.2) is 0 Å². The largest absolute Gasteiger partial charge is 0.399 e. The maximum Gasteiger partial charge on any atom is 0.194 e. The first-order valence-corrected chi connectivity index (χ1v) is 6.90. The van der Waals surface area contributed by atoms with Gasteiger partial charge in [-0.05, 0) is 49.1 Å². The number of nitrogens with two attached hydrogens (primary N) is 1. The zero-order valence-corrected chi connectivity index (χ0v) is 11.3. The van der Waals surface area contributed by atoms with Crippen LogP contribution >= 0.6 is 11.8 Å². The SMILES string of the molecule is CSc1ccccc1C(=O)c1ccc(N)c(C)c1. The number of carbonyl (C=O) groups is 1. The Bertz CT molecular complexity index is 593. The number of aryl methyl sites for hydroxylation is 1. The zero-order chi connectivity index (χ0) is 13.1. The third-order valence-corrected chi connectivity index (χ3v) is 3.68. The Kier molecular flexibility index (Phi) is 3.72. The van der Waals surface area contributed by atoms with Crippen LogP contribution in [0.5, 0.6) is 0 Å². The molecule has 0 saturated heterocycles. The lowest BCUT2D eigenvalue weighted by Crippen LogP contribution is -2.04. The molecule has 0 bridgehead atoms. The van der Waals surface area contributed by atoms with Crippen molar-refractivity contribution >= 4 is 23.2 Å². The highest BCUT2D eigenvalue weighted by atomic mass is 32.2. The van der Waals surface area contributed by atoms with Gasteiger partial charge < -0.3 is 5.73 Å². The van der Waals surface area contributed by atoms with Gasteiger partial charge in [0, 0.05) is 21.7 Å². The van der Waals surface area contributed by atoms with Gasteiger partial charge in [-0.2, -0.15) is 0 Å². The van der Waals surface area contributed by atoms with Crippen LogP contribution in [-0.4, -0.2) is 12.0 Å². The fourth-order valence-corrected chi connectivity index (χ4v) is 2.40. The predicted molar refractivity (Wildman–Crippen MR) is 77.2 cm³/mol. The van der Waals surface area contributed by atoms with Gasteiger partial charge >= 0.3 is 0 Å². The van der Waals surface area contributed by atoms with E-state index < -0.39 is 0 Å². The molecule has 3 heteroatoms. The number of anilines is 1. The summed E-state index contributed by atoms with van der Waals surface area (Å²) in [5.41, 5.74) is 8.84. The third-order valence-electron chi connectivity index (χ3n) is 2.88. The van der Waals surface area contributed by atoms with Gasteiger partial charge in [0.2, 0.25) is 0 Å². The number of carbonyl (C=O) groups excluding carboxylic acids is 1. The Morgan fingerprint density at radius 1 is 1.17 bits per heavy atom. The number of hydrogen-bond acceptors (Lipinski definition) is 3. The van der Waals surface area contributed by atoms with Crippen LogP contribution in [0.2, 0.25) is 0 Å². The summed E-state index contributed by atoms with van der Waals surface area (Å²) in [5, 5.41) is 0. The summed E-state index contributed by atoms with van der Waals surface area (Å²) in [6.45, 7) is 1.91. The number of ketones is 1. The lowest BCUT2D eigenvalue weighted by Gasteiger charge is -2.07. The molecule has 2 aromatic carbocycles. The van der Waals surface area contributed by atoms with Crippen LogP contribution in [0.4, 0.5) is 5.69 Å². The van der Waals surface area contributed by atoms with Crippen molar-refractivity contribution in [3.63, 3.8) is 0 Å². The summed E-state index contributed by atoms with van der Waals surface area (Å²) >= 11 is 1.58. The second kappa shape index (κ2) is 5.27. The maximum absolute atomic E-state index is 12.4. The van der Waals surface area contributed by atoms with Gasteiger partial charge in [-0.15, -0.1) is 11.8 Å². The molecule has 0 unspecified atom stereocenters. The number of benzene rings is 2. The normalized spacial score (nSPS) is 10.3. The summed E-state index contributed by atoms with van der Waals surface area (Å²) in [4.78, 5) is 13.4. The minimum Gasteiger partial charge on any atom is -0.399 e. The standard InChI is InChI=1S/C15H15NOS/c1-10-9-11(7-8-13(10)16)15(17)12-5-3-4-6-14(12)18-2/h3-9H,16H2,1-2H3. The monoisotopic (exact) mass is 257 g/mol. The van der Waals surface area contributed by atoms with Crippen molar-refractivity contribution in [1.82, 2.24) is 0 Å². The first kappa shape index (κ1) is 12.7. The first-order chi connectivity index (χ1) is 8.63. The predicted octanol–water partition coefficient (Wildman–Crippen LogP) is 3.53. The molecule has 2 N–H and O–H groups in total. The highest BCUT2D eigenvalue weighted by Gasteiger charge is 2.13. The van der Waals surface area contributed by atoms with Gasteiger partial charge in [-0.1, -0.05) is 12.1 Å². The smallest absolute Gasteiger partial charge is 0.194 e. The van der Waals surface area contributed by atoms with E-state index in [4.69, 9.17) is 5.73 Å². The van der Waals surface area contributed by atoms with Crippen molar-refractivity contribution in [2.75, 3.05) is 12.0 Å². The summed E-state index contributed by atoms with van der Waals surface area (Å²) < 4.78 is 0. The number of thioether (sulfide) groups is 1. The van der Waals surface area contributed by atoms with Crippen LogP contribution in [0, 0.1) is 6.92 Å². The van der Waals surface area contributed by atoms with Gasteiger partial charge in [0.15, 0.2) is 5.78 Å². The highest BCUT2D eigenvalue weighted by Crippen LogP contribution is 2.23. The van der Waals surface area contributed by atoms with Crippen LogP contribution in [0.1, 0.15) is 21.5 Å². The molecule has 0 saturated carbocycles. The Hall–Kier alpha value is -1.74. The molecular formula is C15H15NOS. The zero-order valence-electron chi connectivity index (χ0n) is 10.4. The second-order valence-electron chi connectivity index (χ2n) is 4.10. The molecule has 0 atom stereocenters. The van der Waals surface area contributed by atoms with Gasteiger partial charge in [-0.3, -0.25) is 4.79 Å². The van der Waals surface area contributed by atoms with Crippen molar-refractivity contribution in [1.29, 1.82) is 0 Å².